The van der Waals surface area contributed by atoms with Gasteiger partial charge in [-0.05, 0) is 23.8 Å². The van der Waals surface area contributed by atoms with Crippen molar-refractivity contribution in [1.29, 1.82) is 0 Å². The van der Waals surface area contributed by atoms with Gasteiger partial charge in [-0.25, -0.2) is 0 Å². The smallest absolute Gasteiger partial charge is 0.223 e. The van der Waals surface area contributed by atoms with Crippen molar-refractivity contribution < 1.29 is 4.79 Å². The van der Waals surface area contributed by atoms with Gasteiger partial charge >= 0.3 is 0 Å². The molecule has 2 nitrogen and oxygen atoms in total. The van der Waals surface area contributed by atoms with Gasteiger partial charge in [0.05, 0.1) is 6.54 Å². The normalized spacial score (nSPS) is 25.6. The Bertz CT molecular complexity index is 294. The highest BCUT2D eigenvalue weighted by Crippen LogP contribution is 2.37. The number of rotatable bonds is 3. The van der Waals surface area contributed by atoms with Crippen LogP contribution in [0.5, 0.6) is 0 Å². The first kappa shape index (κ1) is 8.75. The van der Waals surface area contributed by atoms with E-state index in [1.54, 1.807) is 11.3 Å². The largest absolute Gasteiger partial charge is 0.351 e. The number of thiophene rings is 1. The van der Waals surface area contributed by atoms with Crippen LogP contribution in [0.15, 0.2) is 17.5 Å². The van der Waals surface area contributed by atoms with Crippen LogP contribution in [0.25, 0.3) is 0 Å². The van der Waals surface area contributed by atoms with E-state index >= 15 is 0 Å². The van der Waals surface area contributed by atoms with Crippen LogP contribution in [0, 0.1) is 11.8 Å². The molecule has 1 aromatic heterocycles. The second-order valence-electron chi connectivity index (χ2n) is 3.62. The molecule has 1 amide bonds. The van der Waals surface area contributed by atoms with Crippen LogP contribution in [0.2, 0.25) is 0 Å². The van der Waals surface area contributed by atoms with Crippen LogP contribution in [0.4, 0.5) is 0 Å². The summed E-state index contributed by atoms with van der Waals surface area (Å²) >= 11 is 1.68. The highest BCUT2D eigenvalue weighted by molar-refractivity contribution is 7.09. The van der Waals surface area contributed by atoms with E-state index in [0.717, 1.165) is 6.42 Å². The average molecular weight is 195 g/mol. The molecule has 2 rings (SSSR count). The molecule has 1 saturated carbocycles. The van der Waals surface area contributed by atoms with E-state index in [-0.39, 0.29) is 5.91 Å². The van der Waals surface area contributed by atoms with Crippen molar-refractivity contribution in [1.82, 2.24) is 5.32 Å². The molecule has 1 aromatic rings. The Morgan fingerprint density at radius 1 is 1.77 bits per heavy atom. The van der Waals surface area contributed by atoms with Crippen LogP contribution < -0.4 is 5.32 Å². The maximum Gasteiger partial charge on any atom is 0.223 e. The van der Waals surface area contributed by atoms with Crippen molar-refractivity contribution >= 4 is 17.2 Å². The maximum absolute atomic E-state index is 11.4. The summed E-state index contributed by atoms with van der Waals surface area (Å²) in [6, 6.07) is 4.05. The molecular formula is C10H13NOS. The Balaban J connectivity index is 1.77. The van der Waals surface area contributed by atoms with E-state index in [1.165, 1.54) is 4.88 Å². The van der Waals surface area contributed by atoms with Gasteiger partial charge < -0.3 is 5.32 Å². The lowest BCUT2D eigenvalue weighted by Crippen LogP contribution is -2.24. The topological polar surface area (TPSA) is 29.1 Å². The number of carbonyl (C=O) groups is 1. The fourth-order valence-corrected chi connectivity index (χ4v) is 2.05. The molecule has 3 heteroatoms. The SMILES string of the molecule is C[C@@H]1C[C@H]1C(=O)NCc1cccs1. The molecule has 0 aromatic carbocycles. The molecule has 0 aliphatic heterocycles. The summed E-state index contributed by atoms with van der Waals surface area (Å²) < 4.78 is 0. The van der Waals surface area contributed by atoms with Gasteiger partial charge in [-0.3, -0.25) is 4.79 Å². The van der Waals surface area contributed by atoms with E-state index < -0.39 is 0 Å². The summed E-state index contributed by atoms with van der Waals surface area (Å²) in [5.74, 6) is 1.11. The van der Waals surface area contributed by atoms with Crippen molar-refractivity contribution in [3.05, 3.63) is 22.4 Å². The molecule has 0 radical (unpaired) electrons. The molecule has 0 unspecified atom stereocenters. The summed E-state index contributed by atoms with van der Waals surface area (Å²) in [4.78, 5) is 12.6. The first-order valence-corrected chi connectivity index (χ1v) is 5.45. The Kier molecular flexibility index (Phi) is 2.36. The molecule has 1 N–H and O–H groups in total. The van der Waals surface area contributed by atoms with Gasteiger partial charge in [0.15, 0.2) is 0 Å². The van der Waals surface area contributed by atoms with Crippen molar-refractivity contribution in [2.45, 2.75) is 19.9 Å². The third-order valence-electron chi connectivity index (χ3n) is 2.46. The van der Waals surface area contributed by atoms with Crippen LogP contribution >= 0.6 is 11.3 Å². The summed E-state index contributed by atoms with van der Waals surface area (Å²) in [6.45, 7) is 2.81. The monoisotopic (exact) mass is 195 g/mol. The Morgan fingerprint density at radius 2 is 2.54 bits per heavy atom. The minimum atomic E-state index is 0.223. The summed E-state index contributed by atoms with van der Waals surface area (Å²) in [5, 5.41) is 4.98. The minimum Gasteiger partial charge on any atom is -0.351 e. The molecule has 1 aliphatic rings. The Morgan fingerprint density at radius 3 is 3.08 bits per heavy atom. The number of nitrogens with one attached hydrogen (secondary N) is 1. The van der Waals surface area contributed by atoms with Crippen LogP contribution in [-0.4, -0.2) is 5.91 Å². The number of hydrogen-bond acceptors (Lipinski definition) is 2. The Hall–Kier alpha value is -0.830. The molecule has 2 atom stereocenters. The second-order valence-corrected chi connectivity index (χ2v) is 4.65. The van der Waals surface area contributed by atoms with E-state index in [2.05, 4.69) is 12.2 Å². The van der Waals surface area contributed by atoms with Crippen LogP contribution in [0.1, 0.15) is 18.2 Å². The van der Waals surface area contributed by atoms with Gasteiger partial charge in [-0.15, -0.1) is 11.3 Å². The second kappa shape index (κ2) is 3.50. The van der Waals surface area contributed by atoms with Gasteiger partial charge in [0.2, 0.25) is 5.91 Å². The van der Waals surface area contributed by atoms with E-state index in [4.69, 9.17) is 0 Å². The predicted octanol–water partition coefficient (Wildman–Crippen LogP) is 2.02. The van der Waals surface area contributed by atoms with Gasteiger partial charge in [0.25, 0.3) is 0 Å². The fraction of sp³-hybridized carbons (Fsp3) is 0.500. The number of amides is 1. The molecule has 0 bridgehead atoms. The molecule has 0 spiro atoms. The molecule has 13 heavy (non-hydrogen) atoms. The highest BCUT2D eigenvalue weighted by atomic mass is 32.1. The number of hydrogen-bond donors (Lipinski definition) is 1. The highest BCUT2D eigenvalue weighted by Gasteiger charge is 2.38. The minimum absolute atomic E-state index is 0.223. The molecule has 70 valence electrons. The van der Waals surface area contributed by atoms with E-state index in [9.17, 15) is 4.79 Å². The van der Waals surface area contributed by atoms with Crippen molar-refractivity contribution in [3.63, 3.8) is 0 Å². The van der Waals surface area contributed by atoms with Gasteiger partial charge in [0, 0.05) is 10.8 Å². The average Bonchev–Trinajstić information content (AvgIpc) is 2.68. The predicted molar refractivity (Wildman–Crippen MR) is 53.4 cm³/mol. The molecule has 1 heterocycles. The fourth-order valence-electron chi connectivity index (χ4n) is 1.41. The lowest BCUT2D eigenvalue weighted by molar-refractivity contribution is -0.122. The molecular weight excluding hydrogens is 182 g/mol. The third kappa shape index (κ3) is 2.10. The van der Waals surface area contributed by atoms with Crippen molar-refractivity contribution in [2.75, 3.05) is 0 Å². The third-order valence-corrected chi connectivity index (χ3v) is 3.34. The summed E-state index contributed by atoms with van der Waals surface area (Å²) in [5.41, 5.74) is 0. The van der Waals surface area contributed by atoms with Gasteiger partial charge in [-0.2, -0.15) is 0 Å². The van der Waals surface area contributed by atoms with Crippen molar-refractivity contribution in [2.24, 2.45) is 11.8 Å². The molecule has 1 aliphatic carbocycles. The lowest BCUT2D eigenvalue weighted by atomic mass is 10.3. The standard InChI is InChI=1S/C10H13NOS/c1-7-5-9(7)10(12)11-6-8-3-2-4-13-8/h2-4,7,9H,5-6H2,1H3,(H,11,12)/t7-,9-/m1/s1. The molecule has 0 saturated heterocycles. The van der Waals surface area contributed by atoms with Crippen molar-refractivity contribution in [3.8, 4) is 0 Å². The van der Waals surface area contributed by atoms with E-state index in [0.29, 0.717) is 18.4 Å². The van der Waals surface area contributed by atoms with Gasteiger partial charge in [-0.1, -0.05) is 13.0 Å². The zero-order valence-electron chi connectivity index (χ0n) is 7.62. The lowest BCUT2D eigenvalue weighted by Gasteiger charge is -2.01. The van der Waals surface area contributed by atoms with Crippen LogP contribution in [-0.2, 0) is 11.3 Å². The quantitative estimate of drug-likeness (QED) is 0.785. The zero-order valence-corrected chi connectivity index (χ0v) is 8.43. The molecule has 1 fully saturated rings. The summed E-state index contributed by atoms with van der Waals surface area (Å²) in [6.07, 6.45) is 1.07. The first-order chi connectivity index (χ1) is 6.27. The first-order valence-electron chi connectivity index (χ1n) is 4.57. The zero-order chi connectivity index (χ0) is 9.26. The van der Waals surface area contributed by atoms with E-state index in [1.807, 2.05) is 17.5 Å². The van der Waals surface area contributed by atoms with Gasteiger partial charge in [0.1, 0.15) is 0 Å². The van der Waals surface area contributed by atoms with Crippen LogP contribution in [0.3, 0.4) is 0 Å². The summed E-state index contributed by atoms with van der Waals surface area (Å²) in [7, 11) is 0. The number of carbonyl (C=O) groups excluding carboxylic acids is 1. The Labute approximate surface area is 82.0 Å². The maximum atomic E-state index is 11.4.